The molecule has 1 aromatic carbocycles. The van der Waals surface area contributed by atoms with Crippen LogP contribution in [0, 0.1) is 0 Å². The first-order chi connectivity index (χ1) is 7.65. The Morgan fingerprint density at radius 1 is 1.50 bits per heavy atom. The predicted octanol–water partition coefficient (Wildman–Crippen LogP) is 2.66. The summed E-state index contributed by atoms with van der Waals surface area (Å²) in [7, 11) is 1.52. The summed E-state index contributed by atoms with van der Waals surface area (Å²) in [5, 5.41) is 10.1. The van der Waals surface area contributed by atoms with Crippen molar-refractivity contribution in [2.75, 3.05) is 7.11 Å². The molecule has 0 saturated heterocycles. The van der Waals surface area contributed by atoms with Gasteiger partial charge >= 0.3 is 0 Å². The second kappa shape index (κ2) is 5.54. The summed E-state index contributed by atoms with van der Waals surface area (Å²) in [4.78, 5) is 10.5. The van der Waals surface area contributed by atoms with Crippen LogP contribution in [-0.2, 0) is 11.2 Å². The molecule has 1 aromatic rings. The highest BCUT2D eigenvalue weighted by atomic mass is 16.5. The van der Waals surface area contributed by atoms with E-state index in [0.717, 1.165) is 23.8 Å². The summed E-state index contributed by atoms with van der Waals surface area (Å²) in [6.07, 6.45) is 2.12. The zero-order valence-electron chi connectivity index (χ0n) is 9.99. The van der Waals surface area contributed by atoms with Crippen LogP contribution in [0.1, 0.15) is 37.3 Å². The highest BCUT2D eigenvalue weighted by molar-refractivity contribution is 5.56. The number of carbonyl (C=O) groups is 1. The van der Waals surface area contributed by atoms with Crippen molar-refractivity contribution in [1.82, 2.24) is 0 Å². The van der Waals surface area contributed by atoms with Crippen molar-refractivity contribution < 1.29 is 14.6 Å². The Balaban J connectivity index is 3.25. The first-order valence-corrected chi connectivity index (χ1v) is 5.48. The minimum Gasteiger partial charge on any atom is -0.504 e. The summed E-state index contributed by atoms with van der Waals surface area (Å²) in [6, 6.07) is 3.69. The van der Waals surface area contributed by atoms with Gasteiger partial charge in [0.05, 0.1) is 7.11 Å². The van der Waals surface area contributed by atoms with Crippen molar-refractivity contribution in [3.63, 3.8) is 0 Å². The van der Waals surface area contributed by atoms with Gasteiger partial charge in [-0.15, -0.1) is 0 Å². The standard InChI is InChI=1S/C13H18O3/c1-4-10-5-6-11(16-3)13(15)12(10)9(2)7-8-14/h5-6,8-9,15H,4,7H2,1-3H3. The van der Waals surface area contributed by atoms with E-state index in [2.05, 4.69) is 0 Å². The molecule has 0 fully saturated rings. The molecule has 3 nitrogen and oxygen atoms in total. The number of benzene rings is 1. The Kier molecular flexibility index (Phi) is 4.35. The second-order valence-corrected chi connectivity index (χ2v) is 3.85. The summed E-state index contributed by atoms with van der Waals surface area (Å²) in [6.45, 7) is 3.96. The van der Waals surface area contributed by atoms with Crippen LogP contribution >= 0.6 is 0 Å². The second-order valence-electron chi connectivity index (χ2n) is 3.85. The molecule has 0 amide bonds. The third kappa shape index (κ3) is 2.35. The van der Waals surface area contributed by atoms with E-state index in [4.69, 9.17) is 4.74 Å². The van der Waals surface area contributed by atoms with Crippen LogP contribution in [0.25, 0.3) is 0 Å². The van der Waals surface area contributed by atoms with E-state index >= 15 is 0 Å². The number of rotatable bonds is 5. The molecule has 0 radical (unpaired) electrons. The van der Waals surface area contributed by atoms with Gasteiger partial charge in [0.15, 0.2) is 11.5 Å². The molecule has 0 aliphatic carbocycles. The normalized spacial score (nSPS) is 12.2. The fourth-order valence-corrected chi connectivity index (χ4v) is 1.91. The molecule has 0 bridgehead atoms. The maximum absolute atomic E-state index is 10.5. The van der Waals surface area contributed by atoms with Crippen LogP contribution in [0.2, 0.25) is 0 Å². The van der Waals surface area contributed by atoms with Gasteiger partial charge in [0.1, 0.15) is 6.29 Å². The Morgan fingerprint density at radius 3 is 2.69 bits per heavy atom. The van der Waals surface area contributed by atoms with Crippen molar-refractivity contribution in [3.8, 4) is 11.5 Å². The SMILES string of the molecule is CCc1ccc(OC)c(O)c1C(C)CC=O. The summed E-state index contributed by atoms with van der Waals surface area (Å²) >= 11 is 0. The minimum atomic E-state index is 0.0162. The van der Waals surface area contributed by atoms with E-state index in [1.165, 1.54) is 7.11 Å². The molecule has 0 aliphatic rings. The van der Waals surface area contributed by atoms with E-state index in [-0.39, 0.29) is 11.7 Å². The monoisotopic (exact) mass is 222 g/mol. The molecule has 0 heterocycles. The fraction of sp³-hybridized carbons (Fsp3) is 0.462. The van der Waals surface area contributed by atoms with Crippen LogP contribution in [-0.4, -0.2) is 18.5 Å². The van der Waals surface area contributed by atoms with Gasteiger partial charge in [-0.1, -0.05) is 19.9 Å². The van der Waals surface area contributed by atoms with Gasteiger partial charge in [-0.25, -0.2) is 0 Å². The molecule has 1 unspecified atom stereocenters. The average Bonchev–Trinajstić information content (AvgIpc) is 2.28. The van der Waals surface area contributed by atoms with Crippen molar-refractivity contribution in [1.29, 1.82) is 0 Å². The van der Waals surface area contributed by atoms with Gasteiger partial charge in [-0.2, -0.15) is 0 Å². The van der Waals surface area contributed by atoms with E-state index in [9.17, 15) is 9.90 Å². The number of hydrogen-bond acceptors (Lipinski definition) is 3. The fourth-order valence-electron chi connectivity index (χ4n) is 1.91. The van der Waals surface area contributed by atoms with E-state index in [0.29, 0.717) is 12.2 Å². The lowest BCUT2D eigenvalue weighted by molar-refractivity contribution is -0.108. The molecular weight excluding hydrogens is 204 g/mol. The van der Waals surface area contributed by atoms with Crippen LogP contribution in [0.15, 0.2) is 12.1 Å². The molecule has 0 spiro atoms. The summed E-state index contributed by atoms with van der Waals surface area (Å²) < 4.78 is 5.08. The number of aldehydes is 1. The molecule has 16 heavy (non-hydrogen) atoms. The third-order valence-electron chi connectivity index (χ3n) is 2.81. The van der Waals surface area contributed by atoms with Crippen LogP contribution in [0.5, 0.6) is 11.5 Å². The zero-order chi connectivity index (χ0) is 12.1. The Morgan fingerprint density at radius 2 is 2.19 bits per heavy atom. The number of phenolic OH excluding ortho intramolecular Hbond substituents is 1. The number of ether oxygens (including phenoxy) is 1. The highest BCUT2D eigenvalue weighted by Gasteiger charge is 2.17. The minimum absolute atomic E-state index is 0.0162. The van der Waals surface area contributed by atoms with Crippen LogP contribution < -0.4 is 4.74 Å². The van der Waals surface area contributed by atoms with Gasteiger partial charge in [-0.05, 0) is 24.0 Å². The van der Waals surface area contributed by atoms with Crippen molar-refractivity contribution in [2.45, 2.75) is 32.6 Å². The lowest BCUT2D eigenvalue weighted by Crippen LogP contribution is -2.01. The van der Waals surface area contributed by atoms with Gasteiger partial charge in [-0.3, -0.25) is 0 Å². The molecule has 0 saturated carbocycles. The van der Waals surface area contributed by atoms with Gasteiger partial charge in [0, 0.05) is 12.0 Å². The predicted molar refractivity (Wildman–Crippen MR) is 63.1 cm³/mol. The Bertz CT molecular complexity index is 372. The highest BCUT2D eigenvalue weighted by Crippen LogP contribution is 2.38. The zero-order valence-corrected chi connectivity index (χ0v) is 9.99. The molecule has 1 atom stereocenters. The summed E-state index contributed by atoms with van der Waals surface area (Å²) in [5.74, 6) is 0.642. The Hall–Kier alpha value is -1.51. The van der Waals surface area contributed by atoms with Crippen molar-refractivity contribution >= 4 is 6.29 Å². The first kappa shape index (κ1) is 12.6. The van der Waals surface area contributed by atoms with Crippen molar-refractivity contribution in [3.05, 3.63) is 23.3 Å². The molecule has 1 rings (SSSR count). The number of aromatic hydroxyl groups is 1. The number of aryl methyl sites for hydroxylation is 1. The maximum Gasteiger partial charge on any atom is 0.161 e. The van der Waals surface area contributed by atoms with Crippen molar-refractivity contribution in [2.24, 2.45) is 0 Å². The molecule has 1 N–H and O–H groups in total. The lowest BCUT2D eigenvalue weighted by Gasteiger charge is -2.17. The first-order valence-electron chi connectivity index (χ1n) is 5.48. The number of hydrogen-bond donors (Lipinski definition) is 1. The molecule has 0 aromatic heterocycles. The maximum atomic E-state index is 10.5. The van der Waals surface area contributed by atoms with Crippen LogP contribution in [0.4, 0.5) is 0 Å². The molecular formula is C13H18O3. The largest absolute Gasteiger partial charge is 0.504 e. The smallest absolute Gasteiger partial charge is 0.161 e. The van der Waals surface area contributed by atoms with Gasteiger partial charge in [0.25, 0.3) is 0 Å². The van der Waals surface area contributed by atoms with E-state index in [1.54, 1.807) is 6.07 Å². The molecule has 0 aliphatic heterocycles. The summed E-state index contributed by atoms with van der Waals surface area (Å²) in [5.41, 5.74) is 1.89. The molecule has 88 valence electrons. The van der Waals surface area contributed by atoms with Gasteiger partial charge in [0.2, 0.25) is 0 Å². The number of phenols is 1. The average molecular weight is 222 g/mol. The lowest BCUT2D eigenvalue weighted by atomic mass is 9.91. The van der Waals surface area contributed by atoms with Gasteiger partial charge < -0.3 is 14.6 Å². The topological polar surface area (TPSA) is 46.5 Å². The van der Waals surface area contributed by atoms with E-state index < -0.39 is 0 Å². The molecule has 3 heteroatoms. The third-order valence-corrected chi connectivity index (χ3v) is 2.81. The quantitative estimate of drug-likeness (QED) is 0.779. The van der Waals surface area contributed by atoms with Crippen LogP contribution in [0.3, 0.4) is 0 Å². The number of carbonyl (C=O) groups excluding carboxylic acids is 1. The Labute approximate surface area is 96.1 Å². The van der Waals surface area contributed by atoms with E-state index in [1.807, 2.05) is 19.9 Å². The number of methoxy groups -OCH3 is 1.